The third-order valence-corrected chi connectivity index (χ3v) is 2.56. The van der Waals surface area contributed by atoms with E-state index in [2.05, 4.69) is 4.98 Å². The van der Waals surface area contributed by atoms with E-state index in [0.717, 1.165) is 17.1 Å². The minimum atomic E-state index is -1.07. The van der Waals surface area contributed by atoms with Crippen molar-refractivity contribution in [3.63, 3.8) is 0 Å². The molecule has 0 spiro atoms. The molecule has 17 heavy (non-hydrogen) atoms. The van der Waals surface area contributed by atoms with Gasteiger partial charge in [-0.3, -0.25) is 0 Å². The van der Waals surface area contributed by atoms with Crippen molar-refractivity contribution < 1.29 is 15.0 Å². The molecule has 0 radical (unpaired) electrons. The Morgan fingerprint density at radius 1 is 1.53 bits per heavy atom. The number of carboxylic acid groups (broad SMARTS) is 1. The van der Waals surface area contributed by atoms with Gasteiger partial charge in [-0.05, 0) is 23.3 Å². The van der Waals surface area contributed by atoms with Gasteiger partial charge in [-0.2, -0.15) is 0 Å². The van der Waals surface area contributed by atoms with Gasteiger partial charge in [0.25, 0.3) is 0 Å². The number of hydrogen-bond donors (Lipinski definition) is 2. The van der Waals surface area contributed by atoms with Crippen LogP contribution in [-0.4, -0.2) is 32.3 Å². The summed E-state index contributed by atoms with van der Waals surface area (Å²) in [6.07, 6.45) is 2.69. The van der Waals surface area contributed by atoms with Gasteiger partial charge in [-0.15, -0.1) is 0 Å². The van der Waals surface area contributed by atoms with Crippen LogP contribution in [0.5, 0.6) is 0 Å². The molecule has 0 bridgehead atoms. The van der Waals surface area contributed by atoms with E-state index >= 15 is 0 Å². The topological polar surface area (TPSA) is 75.4 Å². The van der Waals surface area contributed by atoms with Crippen LogP contribution in [0.2, 0.25) is 0 Å². The Morgan fingerprint density at radius 3 is 2.94 bits per heavy atom. The Balaban J connectivity index is 2.52. The molecule has 0 saturated carbocycles. The summed E-state index contributed by atoms with van der Waals surface area (Å²) in [5.41, 5.74) is 2.77. The van der Waals surface area contributed by atoms with Crippen LogP contribution in [-0.2, 0) is 11.8 Å². The number of hydrogen-bond acceptors (Lipinski definition) is 3. The molecule has 0 saturated heterocycles. The van der Waals surface area contributed by atoms with Gasteiger partial charge in [0, 0.05) is 13.1 Å². The molecular weight excluding hydrogens is 220 g/mol. The van der Waals surface area contributed by atoms with Gasteiger partial charge >= 0.3 is 5.97 Å². The number of nitrogens with zero attached hydrogens (tertiary/aromatic N) is 2. The Hall–Kier alpha value is -2.14. The van der Waals surface area contributed by atoms with Crippen LogP contribution in [0.1, 0.15) is 5.56 Å². The fourth-order valence-electron chi connectivity index (χ4n) is 1.71. The second-order valence-corrected chi connectivity index (χ2v) is 3.72. The van der Waals surface area contributed by atoms with Gasteiger partial charge in [0.1, 0.15) is 0 Å². The molecule has 0 unspecified atom stereocenters. The van der Waals surface area contributed by atoms with E-state index in [1.807, 2.05) is 17.7 Å². The minimum Gasteiger partial charge on any atom is -0.478 e. The van der Waals surface area contributed by atoms with Crippen LogP contribution < -0.4 is 0 Å². The molecule has 2 N–H and O–H groups in total. The summed E-state index contributed by atoms with van der Waals surface area (Å²) in [4.78, 5) is 14.8. The third-order valence-electron chi connectivity index (χ3n) is 2.56. The van der Waals surface area contributed by atoms with Crippen molar-refractivity contribution in [3.8, 4) is 0 Å². The van der Waals surface area contributed by atoms with E-state index in [0.29, 0.717) is 11.1 Å². The minimum absolute atomic E-state index is 0.315. The zero-order valence-corrected chi connectivity index (χ0v) is 9.29. The summed E-state index contributed by atoms with van der Waals surface area (Å²) in [5, 5.41) is 17.8. The maximum absolute atomic E-state index is 10.6. The van der Waals surface area contributed by atoms with Crippen molar-refractivity contribution >= 4 is 22.6 Å². The van der Waals surface area contributed by atoms with Crippen LogP contribution in [0.4, 0.5) is 0 Å². The monoisotopic (exact) mass is 232 g/mol. The van der Waals surface area contributed by atoms with Crippen molar-refractivity contribution in [3.05, 3.63) is 36.2 Å². The van der Waals surface area contributed by atoms with Gasteiger partial charge in [0.05, 0.1) is 24.0 Å². The highest BCUT2D eigenvalue weighted by atomic mass is 16.4. The smallest absolute Gasteiger partial charge is 0.328 e. The van der Waals surface area contributed by atoms with Crippen molar-refractivity contribution in [1.29, 1.82) is 0 Å². The van der Waals surface area contributed by atoms with E-state index < -0.39 is 5.97 Å². The van der Waals surface area contributed by atoms with Crippen LogP contribution in [0.15, 0.2) is 30.6 Å². The van der Waals surface area contributed by atoms with E-state index in [1.54, 1.807) is 18.5 Å². The molecule has 0 amide bonds. The van der Waals surface area contributed by atoms with Gasteiger partial charge in [-0.1, -0.05) is 6.07 Å². The van der Waals surface area contributed by atoms with Crippen LogP contribution in [0.25, 0.3) is 16.6 Å². The number of aliphatic hydroxyl groups is 1. The molecule has 5 nitrogen and oxygen atoms in total. The molecule has 2 aromatic rings. The Morgan fingerprint density at radius 2 is 2.29 bits per heavy atom. The first-order chi connectivity index (χ1) is 8.11. The maximum Gasteiger partial charge on any atom is 0.328 e. The molecule has 1 aromatic carbocycles. The molecule has 0 atom stereocenters. The first-order valence-electron chi connectivity index (χ1n) is 5.07. The summed E-state index contributed by atoms with van der Waals surface area (Å²) in [7, 11) is 1.88. The number of aliphatic hydroxyl groups excluding tert-OH is 1. The fraction of sp³-hybridized carbons (Fsp3) is 0.167. The summed E-state index contributed by atoms with van der Waals surface area (Å²) in [6.45, 7) is -0.315. The number of aliphatic carboxylic acids is 1. The number of carbonyl (C=O) groups is 1. The lowest BCUT2D eigenvalue weighted by molar-refractivity contribution is -0.131. The molecule has 2 rings (SSSR count). The molecule has 1 heterocycles. The van der Waals surface area contributed by atoms with Crippen molar-refractivity contribution in [2.24, 2.45) is 7.05 Å². The molecule has 0 fully saturated rings. The Labute approximate surface area is 97.6 Å². The second-order valence-electron chi connectivity index (χ2n) is 3.72. The van der Waals surface area contributed by atoms with Crippen LogP contribution in [0, 0.1) is 0 Å². The highest BCUT2D eigenvalue weighted by Crippen LogP contribution is 2.19. The standard InChI is InChI=1S/C12H12N2O3/c1-14-7-13-10-4-8(2-3-11(10)14)9(6-15)5-12(16)17/h2-5,7,15H,6H2,1H3,(H,16,17)/b9-5+. The number of rotatable bonds is 3. The predicted octanol–water partition coefficient (Wildman–Crippen LogP) is 1.03. The average molecular weight is 232 g/mol. The number of aromatic nitrogens is 2. The quantitative estimate of drug-likeness (QED) is 0.775. The van der Waals surface area contributed by atoms with Crippen molar-refractivity contribution in [1.82, 2.24) is 9.55 Å². The van der Waals surface area contributed by atoms with Gasteiger partial charge in [0.15, 0.2) is 0 Å². The Bertz CT molecular complexity index is 599. The number of benzene rings is 1. The molecule has 88 valence electrons. The van der Waals surface area contributed by atoms with Crippen LogP contribution >= 0.6 is 0 Å². The largest absolute Gasteiger partial charge is 0.478 e. The van der Waals surface area contributed by atoms with E-state index in [-0.39, 0.29) is 6.61 Å². The molecule has 1 aromatic heterocycles. The highest BCUT2D eigenvalue weighted by molar-refractivity contribution is 5.91. The normalized spacial score (nSPS) is 12.0. The summed E-state index contributed by atoms with van der Waals surface area (Å²) in [5.74, 6) is -1.07. The van der Waals surface area contributed by atoms with E-state index in [1.165, 1.54) is 0 Å². The molecule has 0 aliphatic rings. The van der Waals surface area contributed by atoms with Gasteiger partial charge in [0.2, 0.25) is 0 Å². The summed E-state index contributed by atoms with van der Waals surface area (Å²) < 4.78 is 1.87. The van der Waals surface area contributed by atoms with Crippen molar-refractivity contribution in [2.75, 3.05) is 6.61 Å². The number of aryl methyl sites for hydroxylation is 1. The molecular formula is C12H12N2O3. The van der Waals surface area contributed by atoms with Gasteiger partial charge in [-0.25, -0.2) is 9.78 Å². The predicted molar refractivity (Wildman–Crippen MR) is 63.4 cm³/mol. The number of imidazole rings is 1. The average Bonchev–Trinajstić information content (AvgIpc) is 2.67. The summed E-state index contributed by atoms with van der Waals surface area (Å²) in [6, 6.07) is 5.39. The number of fused-ring (bicyclic) bond motifs is 1. The molecule has 0 aliphatic carbocycles. The lowest BCUT2D eigenvalue weighted by Crippen LogP contribution is -1.96. The second kappa shape index (κ2) is 4.39. The van der Waals surface area contributed by atoms with E-state index in [4.69, 9.17) is 10.2 Å². The van der Waals surface area contributed by atoms with Crippen molar-refractivity contribution in [2.45, 2.75) is 0 Å². The zero-order chi connectivity index (χ0) is 12.4. The lowest BCUT2D eigenvalue weighted by Gasteiger charge is -2.03. The first-order valence-corrected chi connectivity index (χ1v) is 5.07. The number of carboxylic acids is 1. The first kappa shape index (κ1) is 11.3. The molecule has 0 aliphatic heterocycles. The Kier molecular flexibility index (Phi) is 2.93. The zero-order valence-electron chi connectivity index (χ0n) is 9.29. The maximum atomic E-state index is 10.6. The van der Waals surface area contributed by atoms with Gasteiger partial charge < -0.3 is 14.8 Å². The SMILES string of the molecule is Cn1cnc2cc(/C(=C/C(=O)O)CO)ccc21. The molecule has 5 heteroatoms. The third kappa shape index (κ3) is 2.19. The highest BCUT2D eigenvalue weighted by Gasteiger charge is 2.06. The van der Waals surface area contributed by atoms with Crippen LogP contribution in [0.3, 0.4) is 0 Å². The van der Waals surface area contributed by atoms with E-state index in [9.17, 15) is 4.79 Å². The fourth-order valence-corrected chi connectivity index (χ4v) is 1.71. The summed E-state index contributed by atoms with van der Waals surface area (Å²) >= 11 is 0. The lowest BCUT2D eigenvalue weighted by atomic mass is 10.1.